The van der Waals surface area contributed by atoms with Crippen LogP contribution in [0.1, 0.15) is 41.5 Å². The Balaban J connectivity index is 1.39. The average molecular weight is 342 g/mol. The summed E-state index contributed by atoms with van der Waals surface area (Å²) in [4.78, 5) is 0. The largest absolute Gasteiger partial charge is 0.416 e. The third-order valence-electron chi connectivity index (χ3n) is 5.56. The molecule has 1 aromatic heterocycles. The Labute approximate surface area is 153 Å². The van der Waals surface area contributed by atoms with Crippen LogP contribution in [0, 0.1) is 12.8 Å². The summed E-state index contributed by atoms with van der Waals surface area (Å²) in [5.74, 6) is 2.14. The summed E-state index contributed by atoms with van der Waals surface area (Å²) < 4.78 is 5.97. The van der Waals surface area contributed by atoms with Gasteiger partial charge in [0, 0.05) is 11.1 Å². The lowest BCUT2D eigenvalue weighted by Crippen LogP contribution is -1.92. The minimum atomic E-state index is 0.582. The van der Waals surface area contributed by atoms with Crippen LogP contribution in [0.5, 0.6) is 0 Å². The number of aromatic nitrogens is 2. The van der Waals surface area contributed by atoms with Gasteiger partial charge in [0.15, 0.2) is 0 Å². The van der Waals surface area contributed by atoms with E-state index in [2.05, 4.69) is 65.7 Å². The van der Waals surface area contributed by atoms with Crippen molar-refractivity contribution in [3.63, 3.8) is 0 Å². The van der Waals surface area contributed by atoms with Crippen molar-refractivity contribution >= 4 is 6.08 Å². The Hall–Kier alpha value is -2.68. The molecule has 0 N–H and O–H groups in total. The zero-order chi connectivity index (χ0) is 17.5. The topological polar surface area (TPSA) is 38.9 Å². The Morgan fingerprint density at radius 1 is 1.00 bits per heavy atom. The van der Waals surface area contributed by atoms with Gasteiger partial charge < -0.3 is 4.42 Å². The molecule has 2 aliphatic carbocycles. The van der Waals surface area contributed by atoms with Gasteiger partial charge in [0.05, 0.1) is 0 Å². The fourth-order valence-corrected chi connectivity index (χ4v) is 3.71. The van der Waals surface area contributed by atoms with E-state index in [1.165, 1.54) is 47.9 Å². The maximum atomic E-state index is 5.97. The number of aryl methyl sites for hydroxylation is 2. The summed E-state index contributed by atoms with van der Waals surface area (Å²) in [5.41, 5.74) is 7.32. The van der Waals surface area contributed by atoms with Gasteiger partial charge in [-0.15, -0.1) is 10.2 Å². The van der Waals surface area contributed by atoms with Crippen LogP contribution in [0.2, 0.25) is 0 Å². The van der Waals surface area contributed by atoms with Crippen molar-refractivity contribution in [3.8, 4) is 22.9 Å². The van der Waals surface area contributed by atoms with Crippen LogP contribution < -0.4 is 0 Å². The van der Waals surface area contributed by atoms with Gasteiger partial charge in [-0.3, -0.25) is 0 Å². The number of hydrogen-bond acceptors (Lipinski definition) is 3. The lowest BCUT2D eigenvalue weighted by atomic mass is 10.00. The predicted molar refractivity (Wildman–Crippen MR) is 104 cm³/mol. The molecule has 2 aliphatic rings. The average Bonchev–Trinajstić information content (AvgIpc) is 3.16. The van der Waals surface area contributed by atoms with E-state index in [0.717, 1.165) is 23.5 Å². The van der Waals surface area contributed by atoms with Crippen molar-refractivity contribution in [1.29, 1.82) is 0 Å². The Kier molecular flexibility index (Phi) is 3.74. The Morgan fingerprint density at radius 3 is 2.54 bits per heavy atom. The molecule has 3 heteroatoms. The van der Waals surface area contributed by atoms with E-state index >= 15 is 0 Å². The molecular formula is C23H22N2O. The van der Waals surface area contributed by atoms with Crippen LogP contribution in [-0.4, -0.2) is 10.2 Å². The molecule has 1 fully saturated rings. The molecule has 0 spiro atoms. The molecular weight excluding hydrogens is 320 g/mol. The number of rotatable bonds is 5. The van der Waals surface area contributed by atoms with E-state index in [4.69, 9.17) is 4.42 Å². The molecule has 130 valence electrons. The van der Waals surface area contributed by atoms with Crippen molar-refractivity contribution < 1.29 is 4.42 Å². The molecule has 1 saturated carbocycles. The van der Waals surface area contributed by atoms with Gasteiger partial charge in [0.25, 0.3) is 0 Å². The van der Waals surface area contributed by atoms with Crippen LogP contribution in [-0.2, 0) is 12.8 Å². The van der Waals surface area contributed by atoms with Gasteiger partial charge in [-0.05, 0) is 78.6 Å². The summed E-state index contributed by atoms with van der Waals surface area (Å²) in [6.45, 7) is 2.18. The smallest absolute Gasteiger partial charge is 0.248 e. The molecule has 0 amide bonds. The van der Waals surface area contributed by atoms with E-state index in [9.17, 15) is 0 Å². The molecule has 0 atom stereocenters. The fourth-order valence-electron chi connectivity index (χ4n) is 3.71. The molecule has 0 bridgehead atoms. The Morgan fingerprint density at radius 2 is 1.77 bits per heavy atom. The molecule has 3 nitrogen and oxygen atoms in total. The predicted octanol–water partition coefficient (Wildman–Crippen LogP) is 5.62. The van der Waals surface area contributed by atoms with Gasteiger partial charge >= 0.3 is 0 Å². The first kappa shape index (κ1) is 15.6. The molecule has 2 aromatic carbocycles. The highest BCUT2D eigenvalue weighted by molar-refractivity contribution is 5.67. The summed E-state index contributed by atoms with van der Waals surface area (Å²) in [5, 5.41) is 8.54. The Bertz CT molecular complexity index is 995. The van der Waals surface area contributed by atoms with E-state index in [-0.39, 0.29) is 0 Å². The van der Waals surface area contributed by atoms with Gasteiger partial charge in [-0.1, -0.05) is 37.1 Å². The summed E-state index contributed by atoms with van der Waals surface area (Å²) in [6, 6.07) is 12.8. The molecule has 5 rings (SSSR count). The van der Waals surface area contributed by atoms with Crippen LogP contribution in [0.4, 0.5) is 0 Å². The summed E-state index contributed by atoms with van der Waals surface area (Å²) in [6.07, 6.45) is 10.7. The van der Waals surface area contributed by atoms with Gasteiger partial charge in [0.2, 0.25) is 11.8 Å². The van der Waals surface area contributed by atoms with Crippen molar-refractivity contribution in [2.24, 2.45) is 5.92 Å². The minimum absolute atomic E-state index is 0.582. The molecule has 0 aliphatic heterocycles. The third-order valence-corrected chi connectivity index (χ3v) is 5.56. The summed E-state index contributed by atoms with van der Waals surface area (Å²) in [7, 11) is 0. The maximum Gasteiger partial charge on any atom is 0.248 e. The number of nitrogens with zero attached hydrogens (tertiary/aromatic N) is 2. The third kappa shape index (κ3) is 2.98. The van der Waals surface area contributed by atoms with Gasteiger partial charge in [-0.25, -0.2) is 0 Å². The summed E-state index contributed by atoms with van der Waals surface area (Å²) >= 11 is 0. The van der Waals surface area contributed by atoms with E-state index < -0.39 is 0 Å². The van der Waals surface area contributed by atoms with Crippen LogP contribution in [0.15, 0.2) is 46.9 Å². The van der Waals surface area contributed by atoms with Crippen LogP contribution >= 0.6 is 0 Å². The van der Waals surface area contributed by atoms with Crippen molar-refractivity contribution in [1.82, 2.24) is 10.2 Å². The SMILES string of the molecule is Cc1cc(-c2nnc(-c3ccc4c(c3)C=CC4)o2)ccc1CCC1CC1. The number of fused-ring (bicyclic) bond motifs is 1. The van der Waals surface area contributed by atoms with Crippen LogP contribution in [0.25, 0.3) is 29.0 Å². The number of benzene rings is 2. The molecule has 0 saturated heterocycles. The molecule has 0 unspecified atom stereocenters. The number of hydrogen-bond donors (Lipinski definition) is 0. The van der Waals surface area contributed by atoms with Crippen molar-refractivity contribution in [2.45, 2.75) is 39.0 Å². The zero-order valence-electron chi connectivity index (χ0n) is 15.0. The quantitative estimate of drug-likeness (QED) is 0.604. The zero-order valence-corrected chi connectivity index (χ0v) is 15.0. The van der Waals surface area contributed by atoms with Gasteiger partial charge in [0.1, 0.15) is 0 Å². The van der Waals surface area contributed by atoms with E-state index in [1.54, 1.807) is 0 Å². The van der Waals surface area contributed by atoms with E-state index in [0.29, 0.717) is 11.8 Å². The van der Waals surface area contributed by atoms with Gasteiger partial charge in [-0.2, -0.15) is 0 Å². The molecule has 1 heterocycles. The normalized spacial score (nSPS) is 15.4. The highest BCUT2D eigenvalue weighted by Crippen LogP contribution is 2.34. The van der Waals surface area contributed by atoms with Crippen LogP contribution in [0.3, 0.4) is 0 Å². The highest BCUT2D eigenvalue weighted by Gasteiger charge is 2.21. The van der Waals surface area contributed by atoms with Crippen molar-refractivity contribution in [2.75, 3.05) is 0 Å². The minimum Gasteiger partial charge on any atom is -0.416 e. The molecule has 3 aromatic rings. The number of allylic oxidation sites excluding steroid dienone is 1. The molecule has 0 radical (unpaired) electrons. The monoisotopic (exact) mass is 342 g/mol. The lowest BCUT2D eigenvalue weighted by Gasteiger charge is -2.06. The van der Waals surface area contributed by atoms with Crippen molar-refractivity contribution in [3.05, 3.63) is 64.7 Å². The molecule has 26 heavy (non-hydrogen) atoms. The highest BCUT2D eigenvalue weighted by atomic mass is 16.4. The first-order chi connectivity index (χ1) is 12.8. The lowest BCUT2D eigenvalue weighted by molar-refractivity contribution is 0.584. The van der Waals surface area contributed by atoms with E-state index in [1.807, 2.05) is 0 Å². The second kappa shape index (κ2) is 6.24. The first-order valence-electron chi connectivity index (χ1n) is 9.49. The fraction of sp³-hybridized carbons (Fsp3) is 0.304. The standard InChI is InChI=1S/C23H22N2O/c1-15-13-20(11-9-17(15)8-7-16-5-6-16)22-24-25-23(26-22)21-12-10-18-3-2-4-19(18)14-21/h2,4,9-14,16H,3,5-8H2,1H3. The second-order valence-corrected chi connectivity index (χ2v) is 7.56. The maximum absolute atomic E-state index is 5.97. The second-order valence-electron chi connectivity index (χ2n) is 7.56. The first-order valence-corrected chi connectivity index (χ1v) is 9.49.